The van der Waals surface area contributed by atoms with Gasteiger partial charge >= 0.3 is 6.09 Å². The molecule has 0 aliphatic carbocycles. The lowest BCUT2D eigenvalue weighted by atomic mass is 10.0. The molecule has 1 N–H and O–H groups in total. The van der Waals surface area contributed by atoms with Gasteiger partial charge in [-0.1, -0.05) is 25.1 Å². The molecule has 1 aliphatic heterocycles. The number of hydrogen-bond donors (Lipinski definition) is 1. The molecule has 3 aromatic rings. The van der Waals surface area contributed by atoms with E-state index in [0.717, 1.165) is 23.4 Å². The molecule has 1 fully saturated rings. The molecule has 1 aromatic carbocycles. The van der Waals surface area contributed by atoms with E-state index in [1.165, 1.54) is 0 Å². The highest BCUT2D eigenvalue weighted by molar-refractivity contribution is 5.70. The number of amides is 1. The lowest BCUT2D eigenvalue weighted by molar-refractivity contribution is 0.0293. The van der Waals surface area contributed by atoms with E-state index in [2.05, 4.69) is 10.3 Å². The van der Waals surface area contributed by atoms with E-state index in [0.29, 0.717) is 30.7 Å². The number of aromatic nitrogens is 2. The van der Waals surface area contributed by atoms with Crippen LogP contribution in [0, 0.1) is 0 Å². The van der Waals surface area contributed by atoms with Crippen LogP contribution in [0.2, 0.25) is 0 Å². The van der Waals surface area contributed by atoms with Crippen LogP contribution in [-0.2, 0) is 11.2 Å². The maximum Gasteiger partial charge on any atom is 0.410 e. The minimum Gasteiger partial charge on any atom is -0.444 e. The largest absolute Gasteiger partial charge is 0.444 e. The van der Waals surface area contributed by atoms with Gasteiger partial charge < -0.3 is 15.0 Å². The van der Waals surface area contributed by atoms with Crippen molar-refractivity contribution in [2.45, 2.75) is 52.2 Å². The van der Waals surface area contributed by atoms with Crippen molar-refractivity contribution in [3.8, 4) is 11.1 Å². The van der Waals surface area contributed by atoms with E-state index in [4.69, 9.17) is 4.74 Å². The summed E-state index contributed by atoms with van der Waals surface area (Å²) in [4.78, 5) is 31.8. The maximum atomic E-state index is 13.1. The Morgan fingerprint density at radius 3 is 2.62 bits per heavy atom. The Kier molecular flexibility index (Phi) is 5.91. The van der Waals surface area contributed by atoms with Gasteiger partial charge in [-0.05, 0) is 63.4 Å². The minimum atomic E-state index is -0.494. The Bertz CT molecular complexity index is 1180. The molecular weight excluding hydrogens is 404 g/mol. The first-order chi connectivity index (χ1) is 15.2. The van der Waals surface area contributed by atoms with E-state index >= 15 is 0 Å². The summed E-state index contributed by atoms with van der Waals surface area (Å²) in [6.07, 6.45) is 3.02. The van der Waals surface area contributed by atoms with Gasteiger partial charge in [0.15, 0.2) is 0 Å². The summed E-state index contributed by atoms with van der Waals surface area (Å²) in [6, 6.07) is 13.6. The average Bonchev–Trinajstić information content (AvgIpc) is 3.22. The highest BCUT2D eigenvalue weighted by Gasteiger charge is 2.29. The van der Waals surface area contributed by atoms with Gasteiger partial charge in [0, 0.05) is 31.0 Å². The summed E-state index contributed by atoms with van der Waals surface area (Å²) in [6.45, 7) is 8.91. The van der Waals surface area contributed by atoms with Crippen molar-refractivity contribution in [3.63, 3.8) is 0 Å². The average molecular weight is 435 g/mol. The minimum absolute atomic E-state index is 0.0584. The van der Waals surface area contributed by atoms with Crippen LogP contribution in [0.5, 0.6) is 0 Å². The van der Waals surface area contributed by atoms with Gasteiger partial charge in [-0.2, -0.15) is 0 Å². The number of carbonyl (C=O) groups excluding carboxylic acids is 1. The fourth-order valence-corrected chi connectivity index (χ4v) is 4.02. The zero-order valence-corrected chi connectivity index (χ0v) is 19.1. The highest BCUT2D eigenvalue weighted by Crippen LogP contribution is 2.24. The standard InChI is InChI=1S/C25H30N4O3/c1-5-20-22(23(30)29-14-7-6-8-21(29)27-20)17-9-11-18(12-10-17)26-19-13-15-28(16-19)24(31)32-25(2,3)4/h6-12,14,19,26H,5,13,15-16H2,1-4H3. The van der Waals surface area contributed by atoms with Gasteiger partial charge in [0.25, 0.3) is 5.56 Å². The molecule has 168 valence electrons. The van der Waals surface area contributed by atoms with Crippen molar-refractivity contribution >= 4 is 17.4 Å². The zero-order chi connectivity index (χ0) is 22.9. The number of pyridine rings is 1. The first-order valence-electron chi connectivity index (χ1n) is 11.1. The first-order valence-corrected chi connectivity index (χ1v) is 11.1. The van der Waals surface area contributed by atoms with Gasteiger partial charge in [-0.3, -0.25) is 9.20 Å². The summed E-state index contributed by atoms with van der Waals surface area (Å²) in [5, 5.41) is 3.49. The van der Waals surface area contributed by atoms with Gasteiger partial charge in [0.2, 0.25) is 0 Å². The third-order valence-corrected chi connectivity index (χ3v) is 5.53. The van der Waals surface area contributed by atoms with Gasteiger partial charge in [0.1, 0.15) is 11.2 Å². The Balaban J connectivity index is 1.50. The molecule has 1 atom stereocenters. The van der Waals surface area contributed by atoms with Gasteiger partial charge in [-0.25, -0.2) is 9.78 Å². The number of likely N-dealkylation sites (tertiary alicyclic amines) is 1. The Morgan fingerprint density at radius 2 is 1.94 bits per heavy atom. The monoisotopic (exact) mass is 434 g/mol. The lowest BCUT2D eigenvalue weighted by Crippen LogP contribution is -2.36. The fourth-order valence-electron chi connectivity index (χ4n) is 4.02. The number of nitrogens with one attached hydrogen (secondary N) is 1. The van der Waals surface area contributed by atoms with Crippen molar-refractivity contribution in [1.82, 2.24) is 14.3 Å². The van der Waals surface area contributed by atoms with Crippen LogP contribution in [0.3, 0.4) is 0 Å². The molecule has 3 heterocycles. The maximum absolute atomic E-state index is 13.1. The molecule has 1 saturated heterocycles. The second-order valence-corrected chi connectivity index (χ2v) is 9.15. The van der Waals surface area contributed by atoms with Gasteiger partial charge in [-0.15, -0.1) is 0 Å². The molecule has 7 nitrogen and oxygen atoms in total. The van der Waals surface area contributed by atoms with Crippen LogP contribution in [0.1, 0.15) is 39.8 Å². The molecule has 1 amide bonds. The van der Waals surface area contributed by atoms with Gasteiger partial charge in [0.05, 0.1) is 11.3 Å². The third kappa shape index (κ3) is 4.61. The molecule has 32 heavy (non-hydrogen) atoms. The van der Waals surface area contributed by atoms with E-state index in [1.807, 2.05) is 70.2 Å². The third-order valence-electron chi connectivity index (χ3n) is 5.53. The molecule has 4 rings (SSSR count). The molecule has 2 aromatic heterocycles. The number of aryl methyl sites for hydroxylation is 1. The van der Waals surface area contributed by atoms with E-state index in [-0.39, 0.29) is 17.7 Å². The number of fused-ring (bicyclic) bond motifs is 1. The van der Waals surface area contributed by atoms with E-state index < -0.39 is 5.60 Å². The summed E-state index contributed by atoms with van der Waals surface area (Å²) in [5.74, 6) is 0. The topological polar surface area (TPSA) is 75.9 Å². The van der Waals surface area contributed by atoms with Crippen LogP contribution < -0.4 is 10.9 Å². The van der Waals surface area contributed by atoms with Crippen molar-refractivity contribution in [1.29, 1.82) is 0 Å². The number of anilines is 1. The highest BCUT2D eigenvalue weighted by atomic mass is 16.6. The Morgan fingerprint density at radius 1 is 1.19 bits per heavy atom. The predicted octanol–water partition coefficient (Wildman–Crippen LogP) is 4.35. The first kappa shape index (κ1) is 21.9. The fraction of sp³-hybridized carbons (Fsp3) is 0.400. The molecule has 1 aliphatic rings. The summed E-state index contributed by atoms with van der Waals surface area (Å²) in [5.41, 5.74) is 3.35. The zero-order valence-electron chi connectivity index (χ0n) is 19.1. The van der Waals surface area contributed by atoms with Crippen molar-refractivity contribution < 1.29 is 9.53 Å². The molecule has 1 unspecified atom stereocenters. The van der Waals surface area contributed by atoms with Crippen LogP contribution in [0.15, 0.2) is 53.5 Å². The predicted molar refractivity (Wildman–Crippen MR) is 126 cm³/mol. The van der Waals surface area contributed by atoms with Crippen molar-refractivity contribution in [3.05, 3.63) is 64.7 Å². The van der Waals surface area contributed by atoms with Crippen molar-refractivity contribution in [2.75, 3.05) is 18.4 Å². The summed E-state index contributed by atoms with van der Waals surface area (Å²) >= 11 is 0. The number of ether oxygens (including phenoxy) is 1. The Labute approximate surface area is 188 Å². The number of nitrogens with zero attached hydrogens (tertiary/aromatic N) is 3. The molecule has 0 saturated carbocycles. The summed E-state index contributed by atoms with van der Waals surface area (Å²) in [7, 11) is 0. The molecular formula is C25H30N4O3. The molecule has 0 spiro atoms. The van der Waals surface area contributed by atoms with Crippen LogP contribution >= 0.6 is 0 Å². The van der Waals surface area contributed by atoms with E-state index in [9.17, 15) is 9.59 Å². The van der Waals surface area contributed by atoms with E-state index in [1.54, 1.807) is 15.5 Å². The summed E-state index contributed by atoms with van der Waals surface area (Å²) < 4.78 is 7.06. The second kappa shape index (κ2) is 8.65. The quantitative estimate of drug-likeness (QED) is 0.661. The lowest BCUT2D eigenvalue weighted by Gasteiger charge is -2.24. The Hall–Kier alpha value is -3.35. The molecule has 0 radical (unpaired) electrons. The number of rotatable bonds is 4. The number of benzene rings is 1. The van der Waals surface area contributed by atoms with Crippen molar-refractivity contribution in [2.24, 2.45) is 0 Å². The number of hydrogen-bond acceptors (Lipinski definition) is 5. The van der Waals surface area contributed by atoms with Crippen LogP contribution in [-0.4, -0.2) is 45.1 Å². The molecule has 0 bridgehead atoms. The van der Waals surface area contributed by atoms with Crippen LogP contribution in [0.25, 0.3) is 16.8 Å². The normalized spacial score (nSPS) is 16.4. The smallest absolute Gasteiger partial charge is 0.410 e. The number of carbonyl (C=O) groups is 1. The van der Waals surface area contributed by atoms with Crippen LogP contribution in [0.4, 0.5) is 10.5 Å². The SMILES string of the molecule is CCc1nc2ccccn2c(=O)c1-c1ccc(NC2CCN(C(=O)OC(C)(C)C)C2)cc1. The molecule has 7 heteroatoms. The second-order valence-electron chi connectivity index (χ2n) is 9.15.